The molecule has 0 heterocycles. The number of methoxy groups -OCH3 is 2. The molecule has 4 atom stereocenters. The molecular weight excluding hydrogens is 272 g/mol. The molecule has 5 heteroatoms. The summed E-state index contributed by atoms with van der Waals surface area (Å²) in [6.07, 6.45) is 6.97. The molecule has 21 heavy (non-hydrogen) atoms. The molecule has 0 bridgehead atoms. The van der Waals surface area contributed by atoms with Crippen LogP contribution in [-0.2, 0) is 23.8 Å². The fourth-order valence-corrected chi connectivity index (χ4v) is 3.41. The normalized spacial score (nSPS) is 33.4. The van der Waals surface area contributed by atoms with Gasteiger partial charge >= 0.3 is 11.9 Å². The highest BCUT2D eigenvalue weighted by Gasteiger charge is 2.33. The Hall–Kier alpha value is -0.940. The first-order valence-corrected chi connectivity index (χ1v) is 7.95. The molecule has 2 saturated carbocycles. The van der Waals surface area contributed by atoms with E-state index in [9.17, 15) is 9.59 Å². The van der Waals surface area contributed by atoms with Crippen LogP contribution in [0.1, 0.15) is 51.4 Å². The number of ether oxygens (including phenoxy) is 3. The summed E-state index contributed by atoms with van der Waals surface area (Å²) in [5, 5.41) is 0. The average molecular weight is 298 g/mol. The van der Waals surface area contributed by atoms with E-state index in [0.717, 1.165) is 38.5 Å². The van der Waals surface area contributed by atoms with Crippen LogP contribution in [0.3, 0.4) is 0 Å². The molecule has 0 radical (unpaired) electrons. The summed E-state index contributed by atoms with van der Waals surface area (Å²) < 4.78 is 15.8. The zero-order chi connectivity index (χ0) is 15.2. The van der Waals surface area contributed by atoms with Crippen molar-refractivity contribution in [3.8, 4) is 0 Å². The van der Waals surface area contributed by atoms with E-state index in [1.807, 2.05) is 0 Å². The van der Waals surface area contributed by atoms with E-state index in [-0.39, 0.29) is 36.0 Å². The molecule has 120 valence electrons. The Balaban J connectivity index is 1.82. The van der Waals surface area contributed by atoms with Gasteiger partial charge in [0, 0.05) is 14.2 Å². The van der Waals surface area contributed by atoms with Gasteiger partial charge in [-0.1, -0.05) is 12.8 Å². The van der Waals surface area contributed by atoms with E-state index < -0.39 is 0 Å². The molecule has 0 N–H and O–H groups in total. The first kappa shape index (κ1) is 16.4. The van der Waals surface area contributed by atoms with Crippen molar-refractivity contribution in [1.29, 1.82) is 0 Å². The number of rotatable bonds is 4. The lowest BCUT2D eigenvalue weighted by Crippen LogP contribution is -2.33. The van der Waals surface area contributed by atoms with Crippen LogP contribution >= 0.6 is 0 Å². The Morgan fingerprint density at radius 2 is 1.19 bits per heavy atom. The molecule has 0 saturated heterocycles. The summed E-state index contributed by atoms with van der Waals surface area (Å²) in [6, 6.07) is 0. The van der Waals surface area contributed by atoms with E-state index in [1.165, 1.54) is 0 Å². The third-order valence-electron chi connectivity index (χ3n) is 4.79. The number of carbonyl (C=O) groups excluding carboxylic acids is 2. The summed E-state index contributed by atoms with van der Waals surface area (Å²) in [7, 11) is 3.33. The van der Waals surface area contributed by atoms with Crippen molar-refractivity contribution in [2.24, 2.45) is 11.8 Å². The van der Waals surface area contributed by atoms with Crippen molar-refractivity contribution in [2.45, 2.75) is 63.6 Å². The number of hydrogen-bond acceptors (Lipinski definition) is 5. The van der Waals surface area contributed by atoms with E-state index in [4.69, 9.17) is 14.2 Å². The summed E-state index contributed by atoms with van der Waals surface area (Å²) in [6.45, 7) is 0. The Kier molecular flexibility index (Phi) is 6.18. The predicted molar refractivity (Wildman–Crippen MR) is 76.6 cm³/mol. The van der Waals surface area contributed by atoms with Crippen LogP contribution in [0.25, 0.3) is 0 Å². The Labute approximate surface area is 126 Å². The van der Waals surface area contributed by atoms with Gasteiger partial charge in [-0.25, -0.2) is 0 Å². The van der Waals surface area contributed by atoms with E-state index >= 15 is 0 Å². The van der Waals surface area contributed by atoms with Gasteiger partial charge < -0.3 is 14.2 Å². The van der Waals surface area contributed by atoms with Crippen molar-refractivity contribution < 1.29 is 23.8 Å². The van der Waals surface area contributed by atoms with Crippen LogP contribution in [-0.4, -0.2) is 38.4 Å². The molecule has 0 aromatic rings. The maximum absolute atomic E-state index is 12.1. The lowest BCUT2D eigenvalue weighted by molar-refractivity contribution is -0.168. The van der Waals surface area contributed by atoms with Crippen LogP contribution in [0.15, 0.2) is 0 Å². The lowest BCUT2D eigenvalue weighted by atomic mass is 9.86. The summed E-state index contributed by atoms with van der Waals surface area (Å²) in [5.74, 6) is -1.15. The minimum atomic E-state index is -0.374. The first-order chi connectivity index (χ1) is 10.1. The number of hydrogen-bond donors (Lipinski definition) is 0. The molecule has 5 nitrogen and oxygen atoms in total. The van der Waals surface area contributed by atoms with E-state index in [0.29, 0.717) is 12.8 Å². The van der Waals surface area contributed by atoms with Gasteiger partial charge in [-0.15, -0.1) is 0 Å². The predicted octanol–water partition coefficient (Wildman–Crippen LogP) is 2.47. The zero-order valence-corrected chi connectivity index (χ0v) is 13.0. The molecule has 0 spiro atoms. The summed E-state index contributed by atoms with van der Waals surface area (Å²) in [4.78, 5) is 24.3. The second-order valence-electron chi connectivity index (χ2n) is 6.18. The molecule has 0 aliphatic heterocycles. The van der Waals surface area contributed by atoms with E-state index in [2.05, 4.69) is 0 Å². The maximum atomic E-state index is 12.1. The van der Waals surface area contributed by atoms with Gasteiger partial charge in [0.15, 0.2) is 0 Å². The molecule has 0 aromatic heterocycles. The minimum absolute atomic E-state index is 0.110. The minimum Gasteiger partial charge on any atom is -0.393 e. The van der Waals surface area contributed by atoms with Crippen LogP contribution in [0, 0.1) is 11.8 Å². The highest BCUT2D eigenvalue weighted by Crippen LogP contribution is 2.30. The molecule has 2 rings (SSSR count). The second-order valence-corrected chi connectivity index (χ2v) is 6.18. The van der Waals surface area contributed by atoms with Gasteiger partial charge in [0.2, 0.25) is 0 Å². The highest BCUT2D eigenvalue weighted by molar-refractivity contribution is 5.88. The Morgan fingerprint density at radius 1 is 0.762 bits per heavy atom. The fraction of sp³-hybridized carbons (Fsp3) is 0.875. The van der Waals surface area contributed by atoms with Gasteiger partial charge in [0.05, 0.1) is 24.0 Å². The monoisotopic (exact) mass is 298 g/mol. The molecule has 0 aromatic carbocycles. The van der Waals surface area contributed by atoms with Crippen LogP contribution in [0.5, 0.6) is 0 Å². The van der Waals surface area contributed by atoms with Crippen molar-refractivity contribution >= 4 is 11.9 Å². The smallest absolute Gasteiger partial charge is 0.316 e. The third-order valence-corrected chi connectivity index (χ3v) is 4.79. The summed E-state index contributed by atoms with van der Waals surface area (Å²) >= 11 is 0. The molecule has 2 fully saturated rings. The molecule has 2 aliphatic rings. The van der Waals surface area contributed by atoms with Crippen molar-refractivity contribution in [3.63, 3.8) is 0 Å². The zero-order valence-electron chi connectivity index (χ0n) is 13.0. The van der Waals surface area contributed by atoms with Crippen molar-refractivity contribution in [3.05, 3.63) is 0 Å². The van der Waals surface area contributed by atoms with E-state index in [1.54, 1.807) is 14.2 Å². The molecular formula is C16H26O5. The van der Waals surface area contributed by atoms with Gasteiger partial charge in [-0.05, 0) is 38.5 Å². The van der Waals surface area contributed by atoms with Crippen LogP contribution < -0.4 is 0 Å². The quantitative estimate of drug-likeness (QED) is 0.589. The first-order valence-electron chi connectivity index (χ1n) is 7.95. The lowest BCUT2D eigenvalue weighted by Gasteiger charge is -2.28. The molecule has 0 amide bonds. The van der Waals surface area contributed by atoms with Crippen molar-refractivity contribution in [1.82, 2.24) is 0 Å². The Bertz CT molecular complexity index is 334. The molecule has 0 unspecified atom stereocenters. The summed E-state index contributed by atoms with van der Waals surface area (Å²) in [5.41, 5.74) is 0. The number of esters is 2. The largest absolute Gasteiger partial charge is 0.393 e. The average Bonchev–Trinajstić information content (AvgIpc) is 2.54. The van der Waals surface area contributed by atoms with Gasteiger partial charge in [0.25, 0.3) is 0 Å². The van der Waals surface area contributed by atoms with Crippen molar-refractivity contribution in [2.75, 3.05) is 14.2 Å². The van der Waals surface area contributed by atoms with Gasteiger partial charge in [-0.3, -0.25) is 9.59 Å². The second kappa shape index (κ2) is 7.90. The van der Waals surface area contributed by atoms with Crippen LogP contribution in [0.4, 0.5) is 0 Å². The topological polar surface area (TPSA) is 61.8 Å². The molecule has 2 aliphatic carbocycles. The highest BCUT2D eigenvalue weighted by atomic mass is 16.6. The standard InChI is InChI=1S/C16H26O5/c1-19-13-7-3-5-11(9-13)15(17)21-16(18)12-6-4-8-14(10-12)20-2/h11-14H,3-10H2,1-2H3/t11-,12-,13+,14+/m0/s1. The van der Waals surface area contributed by atoms with Gasteiger partial charge in [0.1, 0.15) is 0 Å². The fourth-order valence-electron chi connectivity index (χ4n) is 3.41. The SMILES string of the molecule is CO[C@@H]1CCC[C@H](C(=O)OC(=O)[C@H]2CCC[C@@H](OC)C2)C1. The maximum Gasteiger partial charge on any atom is 0.316 e. The van der Waals surface area contributed by atoms with Gasteiger partial charge in [-0.2, -0.15) is 0 Å². The third kappa shape index (κ3) is 4.51. The van der Waals surface area contributed by atoms with Crippen LogP contribution in [0.2, 0.25) is 0 Å². The number of carbonyl (C=O) groups is 2. The Morgan fingerprint density at radius 3 is 1.57 bits per heavy atom.